The number of nitrogens with one attached hydrogen (secondary N) is 1. The molecule has 2 unspecified atom stereocenters. The van der Waals surface area contributed by atoms with Crippen LogP contribution in [0.5, 0.6) is 0 Å². The highest BCUT2D eigenvalue weighted by atomic mass is 127. The molecule has 0 aromatic heterocycles. The Morgan fingerprint density at radius 3 is 2.39 bits per heavy atom. The predicted octanol–water partition coefficient (Wildman–Crippen LogP) is 1.37. The molecule has 8 nitrogen and oxygen atoms in total. The van der Waals surface area contributed by atoms with Gasteiger partial charge < -0.3 is 15.0 Å². The highest BCUT2D eigenvalue weighted by Crippen LogP contribution is 2.24. The Morgan fingerprint density at radius 2 is 1.89 bits per heavy atom. The fourth-order valence-corrected chi connectivity index (χ4v) is 4.00. The molecule has 1 saturated heterocycles. The zero-order chi connectivity index (χ0) is 20.2. The smallest absolute Gasteiger partial charge is 0.310 e. The van der Waals surface area contributed by atoms with E-state index in [0.717, 1.165) is 12.1 Å². The molecule has 28 heavy (non-hydrogen) atoms. The van der Waals surface area contributed by atoms with Gasteiger partial charge in [-0.05, 0) is 23.6 Å². The lowest BCUT2D eigenvalue weighted by molar-refractivity contribution is -0.145. The van der Waals surface area contributed by atoms with Crippen molar-refractivity contribution in [2.45, 2.75) is 18.4 Å². The van der Waals surface area contributed by atoms with Crippen LogP contribution in [-0.4, -0.2) is 70.9 Å². The summed E-state index contributed by atoms with van der Waals surface area (Å²) < 4.78 is 30.3. The summed E-state index contributed by atoms with van der Waals surface area (Å²) in [5.74, 6) is 0.534. The summed E-state index contributed by atoms with van der Waals surface area (Å²) in [5.41, 5.74) is 0.936. The van der Waals surface area contributed by atoms with Gasteiger partial charge in [-0.3, -0.25) is 9.79 Å². The fourth-order valence-electron chi connectivity index (χ4n) is 3.10. The Morgan fingerprint density at radius 1 is 1.29 bits per heavy atom. The van der Waals surface area contributed by atoms with Crippen molar-refractivity contribution in [3.05, 3.63) is 29.8 Å². The Balaban J connectivity index is 0.00000392. The average Bonchev–Trinajstić information content (AvgIpc) is 3.03. The van der Waals surface area contributed by atoms with Crippen molar-refractivity contribution >= 4 is 45.9 Å². The maximum Gasteiger partial charge on any atom is 0.310 e. The van der Waals surface area contributed by atoms with Crippen LogP contribution >= 0.6 is 24.0 Å². The van der Waals surface area contributed by atoms with E-state index in [-0.39, 0.29) is 46.7 Å². The molecule has 0 spiro atoms. The minimum absolute atomic E-state index is 0. The second-order valence-electron chi connectivity index (χ2n) is 6.84. The number of esters is 1. The fraction of sp³-hybridized carbons (Fsp3) is 0.556. The molecule has 0 bridgehead atoms. The summed E-state index contributed by atoms with van der Waals surface area (Å²) in [6.45, 7) is 3.81. The third-order valence-corrected chi connectivity index (χ3v) is 6.61. The third-order valence-electron chi connectivity index (χ3n) is 4.78. The molecule has 0 aliphatic carbocycles. The molecule has 1 aromatic carbocycles. The van der Waals surface area contributed by atoms with E-state index in [4.69, 9.17) is 4.74 Å². The Bertz CT molecular complexity index is 796. The van der Waals surface area contributed by atoms with Crippen LogP contribution in [0.1, 0.15) is 12.5 Å². The van der Waals surface area contributed by atoms with Crippen molar-refractivity contribution < 1.29 is 17.9 Å². The first-order chi connectivity index (χ1) is 12.7. The zero-order valence-corrected chi connectivity index (χ0v) is 20.0. The first-order valence-corrected chi connectivity index (χ1v) is 10.2. The number of sulfonamides is 1. The number of carbonyl (C=O) groups excluding carboxylic acids is 1. The lowest BCUT2D eigenvalue weighted by atomic mass is 9.99. The van der Waals surface area contributed by atoms with E-state index in [1.54, 1.807) is 31.3 Å². The molecule has 1 aliphatic heterocycles. The van der Waals surface area contributed by atoms with Gasteiger partial charge in [0, 0.05) is 40.8 Å². The van der Waals surface area contributed by atoms with Gasteiger partial charge in [0.05, 0.1) is 17.9 Å². The number of guanidine groups is 1. The number of halogens is 1. The number of carbonyl (C=O) groups is 1. The predicted molar refractivity (Wildman–Crippen MR) is 119 cm³/mol. The summed E-state index contributed by atoms with van der Waals surface area (Å²) in [4.78, 5) is 18.5. The monoisotopic (exact) mass is 524 g/mol. The third kappa shape index (κ3) is 5.57. The molecular weight excluding hydrogens is 495 g/mol. The topological polar surface area (TPSA) is 91.3 Å². The van der Waals surface area contributed by atoms with E-state index in [1.165, 1.54) is 25.5 Å². The maximum atomic E-state index is 12.1. The van der Waals surface area contributed by atoms with Crippen LogP contribution in [0, 0.1) is 11.8 Å². The van der Waals surface area contributed by atoms with Crippen LogP contribution in [0.2, 0.25) is 0 Å². The Hall–Kier alpha value is -1.40. The minimum Gasteiger partial charge on any atom is -0.469 e. The molecule has 1 aromatic rings. The van der Waals surface area contributed by atoms with E-state index in [0.29, 0.717) is 19.0 Å². The van der Waals surface area contributed by atoms with Gasteiger partial charge in [0.15, 0.2) is 5.96 Å². The van der Waals surface area contributed by atoms with Crippen LogP contribution in [0.15, 0.2) is 34.2 Å². The number of aliphatic imine (C=N–C) groups is 1. The molecule has 10 heteroatoms. The molecule has 1 N–H and O–H groups in total. The molecule has 2 rings (SSSR count). The van der Waals surface area contributed by atoms with Gasteiger partial charge in [-0.15, -0.1) is 24.0 Å². The second kappa shape index (κ2) is 10.4. The van der Waals surface area contributed by atoms with Crippen molar-refractivity contribution in [3.8, 4) is 0 Å². The Kier molecular flexibility index (Phi) is 9.15. The number of methoxy groups -OCH3 is 1. The minimum atomic E-state index is -3.43. The van der Waals surface area contributed by atoms with Crippen LogP contribution in [0.3, 0.4) is 0 Å². The zero-order valence-electron chi connectivity index (χ0n) is 16.9. The normalized spacial score (nSPS) is 20.1. The number of nitrogens with zero attached hydrogens (tertiary/aromatic N) is 3. The van der Waals surface area contributed by atoms with Crippen molar-refractivity contribution in [3.63, 3.8) is 0 Å². The van der Waals surface area contributed by atoms with Crippen LogP contribution in [0.4, 0.5) is 0 Å². The number of likely N-dealkylation sites (tertiary alicyclic amines) is 1. The van der Waals surface area contributed by atoms with Gasteiger partial charge in [0.25, 0.3) is 0 Å². The molecule has 2 atom stereocenters. The number of benzene rings is 1. The molecule has 1 heterocycles. The molecule has 0 amide bonds. The lowest BCUT2D eigenvalue weighted by Gasteiger charge is -2.21. The highest BCUT2D eigenvalue weighted by Gasteiger charge is 2.36. The van der Waals surface area contributed by atoms with Crippen LogP contribution in [-0.2, 0) is 26.1 Å². The van der Waals surface area contributed by atoms with E-state index < -0.39 is 10.0 Å². The van der Waals surface area contributed by atoms with Gasteiger partial charge >= 0.3 is 5.97 Å². The Labute approximate surface area is 184 Å². The van der Waals surface area contributed by atoms with Crippen molar-refractivity contribution in [2.24, 2.45) is 16.8 Å². The molecular formula is C18H29IN4O4S. The summed E-state index contributed by atoms with van der Waals surface area (Å²) in [5, 5.41) is 3.27. The molecule has 0 radical (unpaired) electrons. The van der Waals surface area contributed by atoms with Crippen molar-refractivity contribution in [1.82, 2.24) is 14.5 Å². The number of hydrogen-bond acceptors (Lipinski definition) is 5. The van der Waals surface area contributed by atoms with E-state index >= 15 is 0 Å². The molecule has 1 fully saturated rings. The summed E-state index contributed by atoms with van der Waals surface area (Å²) in [6, 6.07) is 6.75. The number of ether oxygens (including phenoxy) is 1. The van der Waals surface area contributed by atoms with Crippen LogP contribution in [0.25, 0.3) is 0 Å². The van der Waals surface area contributed by atoms with Crippen LogP contribution < -0.4 is 5.32 Å². The average molecular weight is 524 g/mol. The first-order valence-electron chi connectivity index (χ1n) is 8.75. The van der Waals surface area contributed by atoms with E-state index in [9.17, 15) is 13.2 Å². The van der Waals surface area contributed by atoms with E-state index in [1.807, 2.05) is 11.8 Å². The summed E-state index contributed by atoms with van der Waals surface area (Å²) in [6.07, 6.45) is 0. The standard InChI is InChI=1S/C18H28N4O4S.HI/c1-13-11-22(12-16(13)17(23)26-5)18(19-2)20-10-14-6-8-15(9-7-14)27(24,25)21(3)4;/h6-9,13,16H,10-12H2,1-5H3,(H,19,20);1H. The summed E-state index contributed by atoms with van der Waals surface area (Å²) >= 11 is 0. The van der Waals surface area contributed by atoms with Gasteiger partial charge in [-0.2, -0.15) is 0 Å². The van der Waals surface area contributed by atoms with E-state index in [2.05, 4.69) is 10.3 Å². The molecule has 0 saturated carbocycles. The number of rotatable bonds is 5. The second-order valence-corrected chi connectivity index (χ2v) is 9.00. The van der Waals surface area contributed by atoms with Crippen molar-refractivity contribution in [2.75, 3.05) is 41.3 Å². The largest absolute Gasteiger partial charge is 0.469 e. The highest BCUT2D eigenvalue weighted by molar-refractivity contribution is 14.0. The van der Waals surface area contributed by atoms with Gasteiger partial charge in [-0.25, -0.2) is 12.7 Å². The summed E-state index contributed by atoms with van der Waals surface area (Å²) in [7, 11) is 2.69. The number of hydrogen-bond donors (Lipinski definition) is 1. The SMILES string of the molecule is CN=C(NCc1ccc(S(=O)(=O)N(C)C)cc1)N1CC(C)C(C(=O)OC)C1.I. The molecule has 158 valence electrons. The molecule has 1 aliphatic rings. The first kappa shape index (κ1) is 24.6. The van der Waals surface area contributed by atoms with Gasteiger partial charge in [0.1, 0.15) is 0 Å². The lowest BCUT2D eigenvalue weighted by Crippen LogP contribution is -2.40. The quantitative estimate of drug-likeness (QED) is 0.271. The van der Waals surface area contributed by atoms with Crippen molar-refractivity contribution in [1.29, 1.82) is 0 Å². The maximum absolute atomic E-state index is 12.1. The van der Waals surface area contributed by atoms with Gasteiger partial charge in [-0.1, -0.05) is 19.1 Å². The van der Waals surface area contributed by atoms with Gasteiger partial charge in [0.2, 0.25) is 10.0 Å².